The molecule has 0 saturated heterocycles. The van der Waals surface area contributed by atoms with Crippen molar-refractivity contribution in [2.75, 3.05) is 13.1 Å². The summed E-state index contributed by atoms with van der Waals surface area (Å²) in [6.45, 7) is 7.19. The largest absolute Gasteiger partial charge is 0.315 e. The molecule has 19 heavy (non-hydrogen) atoms. The van der Waals surface area contributed by atoms with E-state index >= 15 is 0 Å². The van der Waals surface area contributed by atoms with Crippen LogP contribution in [0, 0.1) is 5.92 Å². The summed E-state index contributed by atoms with van der Waals surface area (Å²) < 4.78 is 1.93. The Labute approximate surface area is 119 Å². The van der Waals surface area contributed by atoms with Crippen LogP contribution >= 0.6 is 11.8 Å². The van der Waals surface area contributed by atoms with Crippen molar-refractivity contribution in [1.82, 2.24) is 25.5 Å². The van der Waals surface area contributed by atoms with Gasteiger partial charge in [0, 0.05) is 11.8 Å². The molecular weight excluding hydrogens is 258 g/mol. The van der Waals surface area contributed by atoms with Gasteiger partial charge in [0.1, 0.15) is 0 Å². The van der Waals surface area contributed by atoms with Crippen LogP contribution in [-0.2, 0) is 6.54 Å². The van der Waals surface area contributed by atoms with Crippen molar-refractivity contribution in [2.24, 2.45) is 5.92 Å². The first-order chi connectivity index (χ1) is 9.33. The monoisotopic (exact) mass is 283 g/mol. The van der Waals surface area contributed by atoms with Crippen LogP contribution in [0.5, 0.6) is 0 Å². The minimum Gasteiger partial charge on any atom is -0.315 e. The highest BCUT2D eigenvalue weighted by molar-refractivity contribution is 7.99. The number of likely N-dealkylation sites (N-methyl/N-ethyl adjacent to an activating group) is 1. The van der Waals surface area contributed by atoms with Gasteiger partial charge in [-0.15, -0.1) is 5.10 Å². The quantitative estimate of drug-likeness (QED) is 0.778. The molecule has 1 aromatic rings. The third-order valence-electron chi connectivity index (χ3n) is 3.83. The molecule has 5 nitrogen and oxygen atoms in total. The lowest BCUT2D eigenvalue weighted by molar-refractivity contribution is 0.356. The molecular formula is C13H25N5S. The standard InChI is InChI=1S/C13H25N5S/c1-3-11-6-5-7-12(10-11)19-13-15-16-17-18(13)9-8-14-4-2/h11-12,14H,3-10H2,1-2H3. The smallest absolute Gasteiger partial charge is 0.209 e. The molecule has 2 rings (SSSR count). The fourth-order valence-corrected chi connectivity index (χ4v) is 3.94. The van der Waals surface area contributed by atoms with Gasteiger partial charge in [0.2, 0.25) is 5.16 Å². The lowest BCUT2D eigenvalue weighted by Crippen LogP contribution is -2.21. The van der Waals surface area contributed by atoms with E-state index in [9.17, 15) is 0 Å². The minimum atomic E-state index is 0.697. The lowest BCUT2D eigenvalue weighted by atomic mass is 9.87. The molecule has 1 N–H and O–H groups in total. The van der Waals surface area contributed by atoms with E-state index in [0.717, 1.165) is 30.7 Å². The molecule has 1 aliphatic rings. The molecule has 6 heteroatoms. The molecule has 0 radical (unpaired) electrons. The van der Waals surface area contributed by atoms with Gasteiger partial charge < -0.3 is 5.32 Å². The lowest BCUT2D eigenvalue weighted by Gasteiger charge is -2.27. The zero-order valence-corrected chi connectivity index (χ0v) is 12.8. The summed E-state index contributed by atoms with van der Waals surface area (Å²) in [5.41, 5.74) is 0. The van der Waals surface area contributed by atoms with E-state index in [1.807, 2.05) is 16.4 Å². The van der Waals surface area contributed by atoms with Crippen molar-refractivity contribution >= 4 is 11.8 Å². The predicted molar refractivity (Wildman–Crippen MR) is 78.3 cm³/mol. The van der Waals surface area contributed by atoms with Crippen LogP contribution in [0.4, 0.5) is 0 Å². The maximum Gasteiger partial charge on any atom is 0.209 e. The van der Waals surface area contributed by atoms with E-state index in [2.05, 4.69) is 34.7 Å². The van der Waals surface area contributed by atoms with Crippen LogP contribution in [0.2, 0.25) is 0 Å². The predicted octanol–water partition coefficient (Wildman–Crippen LogP) is 2.34. The molecule has 1 aromatic heterocycles. The van der Waals surface area contributed by atoms with Crippen LogP contribution in [0.15, 0.2) is 5.16 Å². The Hall–Kier alpha value is -0.620. The normalized spacial score (nSPS) is 23.7. The summed E-state index contributed by atoms with van der Waals surface area (Å²) in [5, 5.41) is 17.1. The molecule has 0 spiro atoms. The molecule has 1 saturated carbocycles. The summed E-state index contributed by atoms with van der Waals surface area (Å²) in [5.74, 6) is 0.900. The van der Waals surface area contributed by atoms with E-state index in [-0.39, 0.29) is 0 Å². The molecule has 108 valence electrons. The van der Waals surface area contributed by atoms with Crippen molar-refractivity contribution in [3.63, 3.8) is 0 Å². The second-order valence-corrected chi connectivity index (χ2v) is 6.49. The summed E-state index contributed by atoms with van der Waals surface area (Å²) in [6.07, 6.45) is 6.69. The van der Waals surface area contributed by atoms with Gasteiger partial charge in [0.05, 0.1) is 6.54 Å². The molecule has 2 unspecified atom stereocenters. The van der Waals surface area contributed by atoms with Gasteiger partial charge in [0.25, 0.3) is 0 Å². The number of rotatable bonds is 7. The van der Waals surface area contributed by atoms with Crippen molar-refractivity contribution in [1.29, 1.82) is 0 Å². The van der Waals surface area contributed by atoms with Crippen LogP contribution in [0.25, 0.3) is 0 Å². The first kappa shape index (κ1) is 14.8. The average Bonchev–Trinajstić information content (AvgIpc) is 2.87. The molecule has 0 amide bonds. The van der Waals surface area contributed by atoms with E-state index < -0.39 is 0 Å². The van der Waals surface area contributed by atoms with E-state index in [0.29, 0.717) is 5.25 Å². The van der Waals surface area contributed by atoms with Gasteiger partial charge in [-0.1, -0.05) is 44.9 Å². The highest BCUT2D eigenvalue weighted by atomic mass is 32.2. The van der Waals surface area contributed by atoms with E-state index in [4.69, 9.17) is 0 Å². The van der Waals surface area contributed by atoms with Crippen molar-refractivity contribution in [2.45, 2.75) is 62.9 Å². The zero-order chi connectivity index (χ0) is 13.5. The van der Waals surface area contributed by atoms with E-state index in [1.165, 1.54) is 32.1 Å². The Morgan fingerprint density at radius 3 is 3.05 bits per heavy atom. The zero-order valence-electron chi connectivity index (χ0n) is 12.0. The number of thioether (sulfide) groups is 1. The number of nitrogens with one attached hydrogen (secondary N) is 1. The number of hydrogen-bond acceptors (Lipinski definition) is 5. The van der Waals surface area contributed by atoms with E-state index in [1.54, 1.807) is 0 Å². The van der Waals surface area contributed by atoms with Crippen LogP contribution < -0.4 is 5.32 Å². The first-order valence-corrected chi connectivity index (χ1v) is 8.35. The Kier molecular flexibility index (Phi) is 6.10. The Morgan fingerprint density at radius 2 is 2.26 bits per heavy atom. The second-order valence-electron chi connectivity index (χ2n) is 5.22. The molecule has 1 aliphatic carbocycles. The Bertz CT molecular complexity index is 368. The number of tetrazole rings is 1. The fraction of sp³-hybridized carbons (Fsp3) is 0.923. The van der Waals surface area contributed by atoms with Gasteiger partial charge >= 0.3 is 0 Å². The molecule has 0 aromatic carbocycles. The minimum absolute atomic E-state index is 0.697. The molecule has 2 atom stereocenters. The first-order valence-electron chi connectivity index (χ1n) is 7.47. The molecule has 1 heterocycles. The van der Waals surface area contributed by atoms with Gasteiger partial charge in [-0.05, 0) is 35.7 Å². The van der Waals surface area contributed by atoms with Crippen molar-refractivity contribution < 1.29 is 0 Å². The maximum atomic E-state index is 4.18. The highest BCUT2D eigenvalue weighted by Crippen LogP contribution is 2.36. The Morgan fingerprint density at radius 1 is 1.37 bits per heavy atom. The number of aromatic nitrogens is 4. The maximum absolute atomic E-state index is 4.18. The average molecular weight is 283 g/mol. The van der Waals surface area contributed by atoms with Gasteiger partial charge in [0.15, 0.2) is 0 Å². The Balaban J connectivity index is 1.86. The highest BCUT2D eigenvalue weighted by Gasteiger charge is 2.23. The van der Waals surface area contributed by atoms with Crippen molar-refractivity contribution in [3.8, 4) is 0 Å². The molecule has 1 fully saturated rings. The van der Waals surface area contributed by atoms with Crippen molar-refractivity contribution in [3.05, 3.63) is 0 Å². The van der Waals surface area contributed by atoms with Crippen LogP contribution in [0.3, 0.4) is 0 Å². The SMILES string of the molecule is CCNCCn1nnnc1SC1CCCC(CC)C1. The third kappa shape index (κ3) is 4.45. The summed E-state index contributed by atoms with van der Waals surface area (Å²) >= 11 is 1.87. The molecule has 0 bridgehead atoms. The van der Waals surface area contributed by atoms with Gasteiger partial charge in [-0.2, -0.15) is 0 Å². The van der Waals surface area contributed by atoms with Gasteiger partial charge in [-0.25, -0.2) is 4.68 Å². The number of hydrogen-bond donors (Lipinski definition) is 1. The summed E-state index contributed by atoms with van der Waals surface area (Å²) in [6, 6.07) is 0. The fourth-order valence-electron chi connectivity index (χ4n) is 2.65. The van der Waals surface area contributed by atoms with Crippen LogP contribution in [0.1, 0.15) is 46.0 Å². The summed E-state index contributed by atoms with van der Waals surface area (Å²) in [7, 11) is 0. The van der Waals surface area contributed by atoms with Gasteiger partial charge in [-0.3, -0.25) is 0 Å². The topological polar surface area (TPSA) is 55.6 Å². The number of nitrogens with zero attached hydrogens (tertiary/aromatic N) is 4. The summed E-state index contributed by atoms with van der Waals surface area (Å²) in [4.78, 5) is 0. The third-order valence-corrected chi connectivity index (χ3v) is 5.10. The second kappa shape index (κ2) is 7.85. The molecule has 0 aliphatic heterocycles. The van der Waals surface area contributed by atoms with Crippen LogP contribution in [-0.4, -0.2) is 38.5 Å².